The number of carbonyl (C=O) groups is 1. The minimum Gasteiger partial charge on any atom is -0.493 e. The van der Waals surface area contributed by atoms with Gasteiger partial charge in [-0.25, -0.2) is 0 Å². The summed E-state index contributed by atoms with van der Waals surface area (Å²) < 4.78 is 6.47. The molecule has 0 aromatic heterocycles. The smallest absolute Gasteiger partial charge is 0.198 e. The fourth-order valence-electron chi connectivity index (χ4n) is 1.88. The van der Waals surface area contributed by atoms with Gasteiger partial charge in [-0.05, 0) is 36.8 Å². The van der Waals surface area contributed by atoms with Gasteiger partial charge in [-0.2, -0.15) is 0 Å². The second-order valence-corrected chi connectivity index (χ2v) is 5.32. The molecule has 0 heterocycles. The Morgan fingerprint density at radius 2 is 1.95 bits per heavy atom. The molecule has 0 aliphatic rings. The zero-order valence-electron chi connectivity index (χ0n) is 11.2. The predicted molar refractivity (Wildman–Crippen MR) is 84.2 cm³/mol. The fraction of sp³-hybridized carbons (Fsp3) is 0.188. The Morgan fingerprint density at radius 1 is 1.20 bits per heavy atom. The van der Waals surface area contributed by atoms with Gasteiger partial charge in [0, 0.05) is 15.7 Å². The predicted octanol–water partition coefficient (Wildman–Crippen LogP) is 4.05. The average Bonchev–Trinajstić information content (AvgIpc) is 2.45. The van der Waals surface area contributed by atoms with Crippen LogP contribution in [0.2, 0.25) is 0 Å². The van der Waals surface area contributed by atoms with Crippen molar-refractivity contribution in [2.45, 2.75) is 13.3 Å². The zero-order chi connectivity index (χ0) is 14.5. The summed E-state index contributed by atoms with van der Waals surface area (Å²) in [6.45, 7) is 2.61. The van der Waals surface area contributed by atoms with Crippen molar-refractivity contribution >= 4 is 27.4 Å². The van der Waals surface area contributed by atoms with Crippen LogP contribution in [0.15, 0.2) is 46.9 Å². The molecular weight excluding hydrogens is 318 g/mol. The van der Waals surface area contributed by atoms with Gasteiger partial charge >= 0.3 is 0 Å². The van der Waals surface area contributed by atoms with Crippen LogP contribution in [0.5, 0.6) is 5.75 Å². The molecule has 3 nitrogen and oxygen atoms in total. The van der Waals surface area contributed by atoms with Crippen LogP contribution in [0.25, 0.3) is 0 Å². The fourth-order valence-corrected chi connectivity index (χ4v) is 2.26. The van der Waals surface area contributed by atoms with E-state index in [-0.39, 0.29) is 5.78 Å². The Hall–Kier alpha value is -1.81. The number of carbonyl (C=O) groups excluding carboxylic acids is 1. The van der Waals surface area contributed by atoms with Gasteiger partial charge in [0.1, 0.15) is 5.75 Å². The van der Waals surface area contributed by atoms with Gasteiger partial charge in [-0.15, -0.1) is 0 Å². The Kier molecular flexibility index (Phi) is 4.79. The largest absolute Gasteiger partial charge is 0.493 e. The van der Waals surface area contributed by atoms with E-state index < -0.39 is 0 Å². The molecule has 4 heteroatoms. The van der Waals surface area contributed by atoms with Crippen molar-refractivity contribution < 1.29 is 9.53 Å². The molecule has 0 atom stereocenters. The van der Waals surface area contributed by atoms with Crippen molar-refractivity contribution in [2.75, 3.05) is 12.3 Å². The maximum atomic E-state index is 12.6. The molecule has 2 rings (SSSR count). The van der Waals surface area contributed by atoms with E-state index in [1.807, 2.05) is 19.1 Å². The molecule has 2 aromatic rings. The lowest BCUT2D eigenvalue weighted by atomic mass is 10.0. The number of para-hydroxylation sites is 1. The first-order valence-electron chi connectivity index (χ1n) is 6.45. The summed E-state index contributed by atoms with van der Waals surface area (Å²) in [6.07, 6.45) is 0.892. The highest BCUT2D eigenvalue weighted by Crippen LogP contribution is 2.26. The lowest BCUT2D eigenvalue weighted by Gasteiger charge is -2.11. The van der Waals surface area contributed by atoms with Crippen LogP contribution in [0.3, 0.4) is 0 Å². The molecule has 2 aromatic carbocycles. The number of halogens is 1. The summed E-state index contributed by atoms with van der Waals surface area (Å²) in [4.78, 5) is 12.6. The van der Waals surface area contributed by atoms with Crippen LogP contribution >= 0.6 is 15.9 Å². The van der Waals surface area contributed by atoms with Crippen molar-refractivity contribution in [3.05, 3.63) is 58.1 Å². The van der Waals surface area contributed by atoms with E-state index in [0.717, 1.165) is 10.9 Å². The standard InChI is InChI=1S/C16H16BrNO2/c1-2-9-20-15-6-4-3-5-13(15)16(19)12-8-7-11(17)10-14(12)18/h3-8,10H,2,9,18H2,1H3. The van der Waals surface area contributed by atoms with E-state index >= 15 is 0 Å². The number of benzene rings is 2. The SMILES string of the molecule is CCCOc1ccccc1C(=O)c1ccc(Br)cc1N. The lowest BCUT2D eigenvalue weighted by molar-refractivity contribution is 0.103. The van der Waals surface area contributed by atoms with Crippen LogP contribution in [0.4, 0.5) is 5.69 Å². The number of hydrogen-bond donors (Lipinski definition) is 1. The van der Waals surface area contributed by atoms with Crippen LogP contribution in [0.1, 0.15) is 29.3 Å². The molecule has 20 heavy (non-hydrogen) atoms. The van der Waals surface area contributed by atoms with Crippen LogP contribution < -0.4 is 10.5 Å². The molecule has 0 unspecified atom stereocenters. The molecular formula is C16H16BrNO2. The molecule has 0 fully saturated rings. The van der Waals surface area contributed by atoms with Crippen LogP contribution in [-0.4, -0.2) is 12.4 Å². The molecule has 0 saturated heterocycles. The first kappa shape index (κ1) is 14.6. The maximum Gasteiger partial charge on any atom is 0.198 e. The molecule has 0 radical (unpaired) electrons. The zero-order valence-corrected chi connectivity index (χ0v) is 12.8. The van der Waals surface area contributed by atoms with Gasteiger partial charge in [0.2, 0.25) is 0 Å². The van der Waals surface area contributed by atoms with Crippen molar-refractivity contribution in [2.24, 2.45) is 0 Å². The molecule has 0 aliphatic heterocycles. The summed E-state index contributed by atoms with van der Waals surface area (Å²) in [7, 11) is 0. The summed E-state index contributed by atoms with van der Waals surface area (Å²) >= 11 is 3.33. The van der Waals surface area contributed by atoms with Crippen molar-refractivity contribution in [1.29, 1.82) is 0 Å². The van der Waals surface area contributed by atoms with E-state index in [1.165, 1.54) is 0 Å². The third-order valence-corrected chi connectivity index (χ3v) is 3.34. The minimum atomic E-state index is -0.123. The molecule has 0 saturated carbocycles. The first-order valence-corrected chi connectivity index (χ1v) is 7.24. The summed E-state index contributed by atoms with van der Waals surface area (Å²) in [5.41, 5.74) is 7.40. The van der Waals surface area contributed by atoms with Crippen LogP contribution in [0, 0.1) is 0 Å². The molecule has 0 amide bonds. The Balaban J connectivity index is 2.38. The van der Waals surface area contributed by atoms with Gasteiger partial charge in [0.05, 0.1) is 12.2 Å². The monoisotopic (exact) mass is 333 g/mol. The summed E-state index contributed by atoms with van der Waals surface area (Å²) in [5.74, 6) is 0.475. The van der Waals surface area contributed by atoms with Gasteiger partial charge < -0.3 is 10.5 Å². The summed E-state index contributed by atoms with van der Waals surface area (Å²) in [6, 6.07) is 12.5. The second-order valence-electron chi connectivity index (χ2n) is 4.41. The van der Waals surface area contributed by atoms with E-state index in [0.29, 0.717) is 29.2 Å². The normalized spacial score (nSPS) is 10.3. The average molecular weight is 334 g/mol. The molecule has 104 valence electrons. The van der Waals surface area contributed by atoms with E-state index in [1.54, 1.807) is 30.3 Å². The molecule has 0 aliphatic carbocycles. The number of anilines is 1. The summed E-state index contributed by atoms with van der Waals surface area (Å²) in [5, 5.41) is 0. The van der Waals surface area contributed by atoms with E-state index in [9.17, 15) is 4.79 Å². The van der Waals surface area contributed by atoms with Crippen LogP contribution in [-0.2, 0) is 0 Å². The highest BCUT2D eigenvalue weighted by atomic mass is 79.9. The molecule has 0 bridgehead atoms. The van der Waals surface area contributed by atoms with Crippen molar-refractivity contribution in [3.63, 3.8) is 0 Å². The first-order chi connectivity index (χ1) is 9.63. The minimum absolute atomic E-state index is 0.123. The van der Waals surface area contributed by atoms with Gasteiger partial charge in [0.15, 0.2) is 5.78 Å². The number of rotatable bonds is 5. The van der Waals surface area contributed by atoms with Crippen molar-refractivity contribution in [1.82, 2.24) is 0 Å². The number of nitrogen functional groups attached to an aromatic ring is 1. The van der Waals surface area contributed by atoms with E-state index in [2.05, 4.69) is 15.9 Å². The van der Waals surface area contributed by atoms with Crippen molar-refractivity contribution in [3.8, 4) is 5.75 Å². The second kappa shape index (κ2) is 6.57. The quantitative estimate of drug-likeness (QED) is 0.663. The van der Waals surface area contributed by atoms with Gasteiger partial charge in [-0.1, -0.05) is 35.0 Å². The Morgan fingerprint density at radius 3 is 2.65 bits per heavy atom. The lowest BCUT2D eigenvalue weighted by Crippen LogP contribution is -2.08. The Labute approximate surface area is 126 Å². The number of hydrogen-bond acceptors (Lipinski definition) is 3. The van der Waals surface area contributed by atoms with Gasteiger partial charge in [-0.3, -0.25) is 4.79 Å². The van der Waals surface area contributed by atoms with Gasteiger partial charge in [0.25, 0.3) is 0 Å². The maximum absolute atomic E-state index is 12.6. The Bertz CT molecular complexity index is 626. The number of nitrogens with two attached hydrogens (primary N) is 1. The highest BCUT2D eigenvalue weighted by Gasteiger charge is 2.16. The molecule has 2 N–H and O–H groups in total. The number of ether oxygens (including phenoxy) is 1. The third kappa shape index (κ3) is 3.20. The highest BCUT2D eigenvalue weighted by molar-refractivity contribution is 9.10. The van der Waals surface area contributed by atoms with E-state index in [4.69, 9.17) is 10.5 Å². The third-order valence-electron chi connectivity index (χ3n) is 2.85. The number of ketones is 1. The topological polar surface area (TPSA) is 52.3 Å². The molecule has 0 spiro atoms.